The van der Waals surface area contributed by atoms with E-state index in [0.29, 0.717) is 5.69 Å². The molecule has 82 valence electrons. The first kappa shape index (κ1) is 10.2. The molecule has 1 heterocycles. The number of nitrogens with one attached hydrogen (secondary N) is 1. The van der Waals surface area contributed by atoms with Crippen LogP contribution in [0.3, 0.4) is 0 Å². The van der Waals surface area contributed by atoms with Crippen LogP contribution in [0.1, 0.15) is 32.1 Å². The van der Waals surface area contributed by atoms with E-state index in [-0.39, 0.29) is 0 Å². The summed E-state index contributed by atoms with van der Waals surface area (Å²) in [7, 11) is 0. The molecule has 0 saturated heterocycles. The molecule has 15 heavy (non-hydrogen) atoms. The molecule has 0 amide bonds. The fourth-order valence-corrected chi connectivity index (χ4v) is 2.12. The van der Waals surface area contributed by atoms with Gasteiger partial charge >= 0.3 is 0 Å². The highest BCUT2D eigenvalue weighted by molar-refractivity contribution is 5.58. The molecule has 3 N–H and O–H groups in total. The molecule has 2 rings (SSSR count). The molecule has 1 aromatic heterocycles. The van der Waals surface area contributed by atoms with Crippen molar-refractivity contribution in [3.8, 4) is 0 Å². The molecule has 1 saturated carbocycles. The third-order valence-electron chi connectivity index (χ3n) is 3.02. The molecular weight excluding hydrogens is 188 g/mol. The van der Waals surface area contributed by atoms with Gasteiger partial charge in [0.25, 0.3) is 0 Å². The van der Waals surface area contributed by atoms with Crippen LogP contribution in [-0.4, -0.2) is 16.5 Å². The van der Waals surface area contributed by atoms with E-state index in [1.165, 1.54) is 38.4 Å². The van der Waals surface area contributed by atoms with Crippen molar-refractivity contribution >= 4 is 11.5 Å². The quantitative estimate of drug-likeness (QED) is 0.794. The number of nitrogens with zero attached hydrogens (tertiary/aromatic N) is 2. The molecular formula is C11H18N4. The SMILES string of the molecule is Nc1cncnc1NCC1CCCCC1. The van der Waals surface area contributed by atoms with Crippen molar-refractivity contribution in [3.63, 3.8) is 0 Å². The highest BCUT2D eigenvalue weighted by atomic mass is 15.0. The Hall–Kier alpha value is -1.32. The normalized spacial score (nSPS) is 17.6. The van der Waals surface area contributed by atoms with Crippen LogP contribution in [0.5, 0.6) is 0 Å². The third kappa shape index (κ3) is 2.81. The zero-order valence-electron chi connectivity index (χ0n) is 8.95. The minimum atomic E-state index is 0.633. The lowest BCUT2D eigenvalue weighted by Gasteiger charge is -2.22. The van der Waals surface area contributed by atoms with Crippen LogP contribution in [-0.2, 0) is 0 Å². The Kier molecular flexibility index (Phi) is 3.37. The molecule has 1 aliphatic rings. The second-order valence-electron chi connectivity index (χ2n) is 4.21. The predicted molar refractivity (Wildman–Crippen MR) is 61.5 cm³/mol. The first-order valence-electron chi connectivity index (χ1n) is 5.65. The minimum Gasteiger partial charge on any atom is -0.394 e. The summed E-state index contributed by atoms with van der Waals surface area (Å²) in [6.45, 7) is 0.987. The van der Waals surface area contributed by atoms with Crippen molar-refractivity contribution in [2.45, 2.75) is 32.1 Å². The minimum absolute atomic E-state index is 0.633. The van der Waals surface area contributed by atoms with E-state index in [4.69, 9.17) is 5.73 Å². The van der Waals surface area contributed by atoms with Gasteiger partial charge in [-0.2, -0.15) is 0 Å². The fraction of sp³-hybridized carbons (Fsp3) is 0.636. The van der Waals surface area contributed by atoms with Crippen LogP contribution in [0.4, 0.5) is 11.5 Å². The predicted octanol–water partition coefficient (Wildman–Crippen LogP) is 2.05. The Balaban J connectivity index is 1.84. The van der Waals surface area contributed by atoms with Crippen molar-refractivity contribution in [1.29, 1.82) is 0 Å². The molecule has 0 aromatic carbocycles. The number of nitrogens with two attached hydrogens (primary N) is 1. The largest absolute Gasteiger partial charge is 0.394 e. The van der Waals surface area contributed by atoms with Gasteiger partial charge in [-0.15, -0.1) is 0 Å². The lowest BCUT2D eigenvalue weighted by molar-refractivity contribution is 0.373. The zero-order chi connectivity index (χ0) is 10.5. The lowest BCUT2D eigenvalue weighted by atomic mass is 9.89. The Morgan fingerprint density at radius 2 is 2.13 bits per heavy atom. The van der Waals surface area contributed by atoms with Crippen molar-refractivity contribution in [2.24, 2.45) is 5.92 Å². The Bertz CT molecular complexity index is 307. The van der Waals surface area contributed by atoms with Crippen molar-refractivity contribution in [3.05, 3.63) is 12.5 Å². The van der Waals surface area contributed by atoms with E-state index < -0.39 is 0 Å². The van der Waals surface area contributed by atoms with Gasteiger partial charge in [-0.25, -0.2) is 9.97 Å². The molecule has 0 bridgehead atoms. The van der Waals surface area contributed by atoms with Gasteiger partial charge in [0, 0.05) is 6.54 Å². The molecule has 0 unspecified atom stereocenters. The maximum absolute atomic E-state index is 5.75. The molecule has 0 radical (unpaired) electrons. The lowest BCUT2D eigenvalue weighted by Crippen LogP contribution is -2.18. The second kappa shape index (κ2) is 4.96. The molecule has 4 heteroatoms. The Morgan fingerprint density at radius 3 is 2.87 bits per heavy atom. The average Bonchev–Trinajstić information content (AvgIpc) is 2.29. The van der Waals surface area contributed by atoms with Crippen LogP contribution in [0, 0.1) is 5.92 Å². The first-order valence-corrected chi connectivity index (χ1v) is 5.65. The van der Waals surface area contributed by atoms with Gasteiger partial charge in [0.1, 0.15) is 6.33 Å². The number of anilines is 2. The van der Waals surface area contributed by atoms with Crippen molar-refractivity contribution in [2.75, 3.05) is 17.6 Å². The topological polar surface area (TPSA) is 63.8 Å². The molecule has 0 aliphatic heterocycles. The molecule has 4 nitrogen and oxygen atoms in total. The highest BCUT2D eigenvalue weighted by Crippen LogP contribution is 2.24. The third-order valence-corrected chi connectivity index (χ3v) is 3.02. The summed E-state index contributed by atoms with van der Waals surface area (Å²) in [5.41, 5.74) is 6.38. The maximum atomic E-state index is 5.75. The molecule has 1 fully saturated rings. The number of aromatic nitrogens is 2. The first-order chi connectivity index (χ1) is 7.36. The number of hydrogen-bond acceptors (Lipinski definition) is 4. The van der Waals surface area contributed by atoms with Crippen LogP contribution >= 0.6 is 0 Å². The van der Waals surface area contributed by atoms with Crippen LogP contribution < -0.4 is 11.1 Å². The zero-order valence-corrected chi connectivity index (χ0v) is 8.95. The molecule has 0 spiro atoms. The number of nitrogen functional groups attached to an aromatic ring is 1. The van der Waals surface area contributed by atoms with Gasteiger partial charge in [0.2, 0.25) is 0 Å². The van der Waals surface area contributed by atoms with Gasteiger partial charge < -0.3 is 11.1 Å². The van der Waals surface area contributed by atoms with Gasteiger partial charge in [-0.1, -0.05) is 19.3 Å². The van der Waals surface area contributed by atoms with Gasteiger partial charge in [-0.05, 0) is 18.8 Å². The van der Waals surface area contributed by atoms with Crippen LogP contribution in [0.25, 0.3) is 0 Å². The van der Waals surface area contributed by atoms with Crippen molar-refractivity contribution < 1.29 is 0 Å². The van der Waals surface area contributed by atoms with E-state index >= 15 is 0 Å². The van der Waals surface area contributed by atoms with E-state index in [0.717, 1.165) is 18.3 Å². The number of hydrogen-bond donors (Lipinski definition) is 2. The van der Waals surface area contributed by atoms with E-state index in [1.807, 2.05) is 0 Å². The summed E-state index contributed by atoms with van der Waals surface area (Å²) in [5.74, 6) is 1.56. The fourth-order valence-electron chi connectivity index (χ4n) is 2.12. The van der Waals surface area contributed by atoms with Gasteiger partial charge in [0.05, 0.1) is 11.9 Å². The van der Waals surface area contributed by atoms with E-state index in [2.05, 4.69) is 15.3 Å². The van der Waals surface area contributed by atoms with Crippen LogP contribution in [0.15, 0.2) is 12.5 Å². The summed E-state index contributed by atoms with van der Waals surface area (Å²) in [6, 6.07) is 0. The highest BCUT2D eigenvalue weighted by Gasteiger charge is 2.13. The molecule has 1 aromatic rings. The average molecular weight is 206 g/mol. The van der Waals surface area contributed by atoms with E-state index in [1.54, 1.807) is 6.20 Å². The number of rotatable bonds is 3. The Morgan fingerprint density at radius 1 is 1.33 bits per heavy atom. The van der Waals surface area contributed by atoms with Crippen LogP contribution in [0.2, 0.25) is 0 Å². The van der Waals surface area contributed by atoms with Crippen molar-refractivity contribution in [1.82, 2.24) is 9.97 Å². The van der Waals surface area contributed by atoms with Gasteiger partial charge in [-0.3, -0.25) is 0 Å². The standard InChI is InChI=1S/C11H18N4/c12-10-7-13-8-15-11(10)14-6-9-4-2-1-3-5-9/h7-9H,1-6,12H2,(H,13,14,15). The maximum Gasteiger partial charge on any atom is 0.152 e. The summed E-state index contributed by atoms with van der Waals surface area (Å²) < 4.78 is 0. The smallest absolute Gasteiger partial charge is 0.152 e. The summed E-state index contributed by atoms with van der Waals surface area (Å²) in [6.07, 6.45) is 9.95. The van der Waals surface area contributed by atoms with E-state index in [9.17, 15) is 0 Å². The Labute approximate surface area is 90.3 Å². The summed E-state index contributed by atoms with van der Waals surface area (Å²) >= 11 is 0. The second-order valence-corrected chi connectivity index (χ2v) is 4.21. The summed E-state index contributed by atoms with van der Waals surface area (Å²) in [5, 5.41) is 3.31. The summed E-state index contributed by atoms with van der Waals surface area (Å²) in [4.78, 5) is 7.98. The molecule has 1 aliphatic carbocycles. The molecule has 0 atom stereocenters. The van der Waals surface area contributed by atoms with Gasteiger partial charge in [0.15, 0.2) is 5.82 Å². The monoisotopic (exact) mass is 206 g/mol.